The largest absolute Gasteiger partial charge is 0.432 e. The van der Waals surface area contributed by atoms with Gasteiger partial charge in [0, 0.05) is 6.04 Å². The second-order valence-corrected chi connectivity index (χ2v) is 3.82. The van der Waals surface area contributed by atoms with Gasteiger partial charge in [-0.1, -0.05) is 0 Å². The van der Waals surface area contributed by atoms with E-state index in [-0.39, 0.29) is 23.9 Å². The number of nitrogens with one attached hydrogen (secondary N) is 2. The third-order valence-electron chi connectivity index (χ3n) is 2.64. The summed E-state index contributed by atoms with van der Waals surface area (Å²) < 4.78 is 10.3. The number of nitrogens with zero attached hydrogens (tertiary/aromatic N) is 1. The van der Waals surface area contributed by atoms with Crippen molar-refractivity contribution < 1.29 is 13.9 Å². The maximum atomic E-state index is 11.9. The van der Waals surface area contributed by atoms with Gasteiger partial charge in [0.25, 0.3) is 0 Å². The fraction of sp³-hybridized carbons (Fsp3) is 0.600. The van der Waals surface area contributed by atoms with Crippen LogP contribution in [0.4, 0.5) is 6.01 Å². The minimum absolute atomic E-state index is 0.0519. The molecule has 6 heteroatoms. The van der Waals surface area contributed by atoms with Crippen LogP contribution in [0.5, 0.6) is 0 Å². The number of hydrogen-bond donors (Lipinski definition) is 2. The molecule has 0 aromatic carbocycles. The van der Waals surface area contributed by atoms with Crippen LogP contribution in [-0.2, 0) is 9.53 Å². The van der Waals surface area contributed by atoms with Crippen molar-refractivity contribution >= 4 is 11.9 Å². The number of likely N-dealkylation sites (N-methyl/N-ethyl adjacent to an activating group) is 1. The Hall–Kier alpha value is -1.40. The van der Waals surface area contributed by atoms with Crippen molar-refractivity contribution in [3.63, 3.8) is 0 Å². The number of oxazole rings is 1. The van der Waals surface area contributed by atoms with E-state index in [4.69, 9.17) is 9.15 Å². The summed E-state index contributed by atoms with van der Waals surface area (Å²) in [5, 5.41) is 5.68. The van der Waals surface area contributed by atoms with Crippen LogP contribution < -0.4 is 10.6 Å². The van der Waals surface area contributed by atoms with E-state index in [1.807, 2.05) is 7.05 Å². The summed E-state index contributed by atoms with van der Waals surface area (Å²) in [4.78, 5) is 15.9. The van der Waals surface area contributed by atoms with E-state index >= 15 is 0 Å². The van der Waals surface area contributed by atoms with Gasteiger partial charge in [-0.25, -0.2) is 0 Å². The van der Waals surface area contributed by atoms with Crippen molar-refractivity contribution in [2.75, 3.05) is 25.6 Å². The lowest BCUT2D eigenvalue weighted by atomic mass is 10.0. The molecule has 0 radical (unpaired) electrons. The standard InChI is InChI=1S/C10H15N3O3/c1-6-3-16-10(12-6)13-9(14)7-4-15-5-8(7)11-2/h3,7-8,11H,4-5H2,1-2H3,(H,12,13,14). The Morgan fingerprint density at radius 2 is 2.38 bits per heavy atom. The van der Waals surface area contributed by atoms with Crippen LogP contribution in [0.1, 0.15) is 5.69 Å². The molecule has 2 heterocycles. The van der Waals surface area contributed by atoms with Gasteiger partial charge in [0.05, 0.1) is 24.8 Å². The second kappa shape index (κ2) is 4.63. The molecule has 1 amide bonds. The van der Waals surface area contributed by atoms with E-state index in [1.165, 1.54) is 6.26 Å². The van der Waals surface area contributed by atoms with Gasteiger partial charge in [0.15, 0.2) is 0 Å². The van der Waals surface area contributed by atoms with Crippen molar-refractivity contribution in [1.29, 1.82) is 0 Å². The first kappa shape index (κ1) is 11.1. The zero-order valence-corrected chi connectivity index (χ0v) is 9.32. The van der Waals surface area contributed by atoms with Crippen molar-refractivity contribution in [3.05, 3.63) is 12.0 Å². The molecule has 1 aliphatic heterocycles. The molecule has 2 N–H and O–H groups in total. The molecule has 1 aliphatic rings. The Morgan fingerprint density at radius 3 is 3.00 bits per heavy atom. The molecular formula is C10H15N3O3. The highest BCUT2D eigenvalue weighted by Gasteiger charge is 2.33. The molecule has 6 nitrogen and oxygen atoms in total. The monoisotopic (exact) mass is 225 g/mol. The zero-order chi connectivity index (χ0) is 11.5. The maximum absolute atomic E-state index is 11.9. The lowest BCUT2D eigenvalue weighted by Crippen LogP contribution is -2.39. The van der Waals surface area contributed by atoms with Crippen molar-refractivity contribution in [2.24, 2.45) is 5.92 Å². The lowest BCUT2D eigenvalue weighted by Gasteiger charge is -2.14. The van der Waals surface area contributed by atoms with Crippen molar-refractivity contribution in [3.8, 4) is 0 Å². The molecule has 1 saturated heterocycles. The lowest BCUT2D eigenvalue weighted by molar-refractivity contribution is -0.120. The highest BCUT2D eigenvalue weighted by Crippen LogP contribution is 2.16. The van der Waals surface area contributed by atoms with E-state index in [0.717, 1.165) is 5.69 Å². The van der Waals surface area contributed by atoms with Crippen LogP contribution in [0.25, 0.3) is 0 Å². The number of aryl methyl sites for hydroxylation is 1. The summed E-state index contributed by atoms with van der Waals surface area (Å²) in [5.74, 6) is -0.323. The maximum Gasteiger partial charge on any atom is 0.301 e. The number of amides is 1. The Labute approximate surface area is 93.4 Å². The van der Waals surface area contributed by atoms with Crippen molar-refractivity contribution in [1.82, 2.24) is 10.3 Å². The third-order valence-corrected chi connectivity index (χ3v) is 2.64. The molecule has 2 unspecified atom stereocenters. The number of aromatic nitrogens is 1. The molecule has 16 heavy (non-hydrogen) atoms. The number of carbonyl (C=O) groups excluding carboxylic acids is 1. The Morgan fingerprint density at radius 1 is 1.56 bits per heavy atom. The van der Waals surface area contributed by atoms with Gasteiger partial charge >= 0.3 is 6.01 Å². The van der Waals surface area contributed by atoms with E-state index in [2.05, 4.69) is 15.6 Å². The van der Waals surface area contributed by atoms with E-state index in [1.54, 1.807) is 6.92 Å². The first-order valence-electron chi connectivity index (χ1n) is 5.18. The Kier molecular flexibility index (Phi) is 3.21. The summed E-state index contributed by atoms with van der Waals surface area (Å²) in [7, 11) is 1.81. The van der Waals surface area contributed by atoms with Crippen LogP contribution in [-0.4, -0.2) is 37.2 Å². The van der Waals surface area contributed by atoms with Gasteiger partial charge < -0.3 is 14.5 Å². The normalized spacial score (nSPS) is 24.6. The van der Waals surface area contributed by atoms with Gasteiger partial charge in [-0.3, -0.25) is 10.1 Å². The predicted molar refractivity (Wildman–Crippen MR) is 57.0 cm³/mol. The van der Waals surface area contributed by atoms with E-state index in [9.17, 15) is 4.79 Å². The predicted octanol–water partition coefficient (Wildman–Crippen LogP) is 0.156. The number of ether oxygens (including phenoxy) is 1. The molecule has 1 aromatic heterocycles. The highest BCUT2D eigenvalue weighted by molar-refractivity contribution is 5.91. The fourth-order valence-corrected chi connectivity index (χ4v) is 1.71. The first-order chi connectivity index (χ1) is 7.70. The Balaban J connectivity index is 1.97. The summed E-state index contributed by atoms with van der Waals surface area (Å²) >= 11 is 0. The number of rotatable bonds is 3. The molecule has 0 bridgehead atoms. The summed E-state index contributed by atoms with van der Waals surface area (Å²) in [5.41, 5.74) is 0.739. The summed E-state index contributed by atoms with van der Waals surface area (Å²) in [6.07, 6.45) is 1.50. The molecule has 0 spiro atoms. The average molecular weight is 225 g/mol. The smallest absolute Gasteiger partial charge is 0.301 e. The van der Waals surface area contributed by atoms with Crippen LogP contribution in [0.3, 0.4) is 0 Å². The van der Waals surface area contributed by atoms with Gasteiger partial charge in [-0.15, -0.1) is 0 Å². The molecule has 2 atom stereocenters. The van der Waals surface area contributed by atoms with E-state index in [0.29, 0.717) is 13.2 Å². The van der Waals surface area contributed by atoms with Gasteiger partial charge in [-0.2, -0.15) is 4.98 Å². The molecular weight excluding hydrogens is 210 g/mol. The molecule has 1 aromatic rings. The van der Waals surface area contributed by atoms with Gasteiger partial charge in [0.2, 0.25) is 5.91 Å². The van der Waals surface area contributed by atoms with Gasteiger partial charge in [0.1, 0.15) is 6.26 Å². The van der Waals surface area contributed by atoms with Gasteiger partial charge in [-0.05, 0) is 14.0 Å². The topological polar surface area (TPSA) is 76.4 Å². The summed E-state index contributed by atoms with van der Waals surface area (Å²) in [6.45, 7) is 2.78. The summed E-state index contributed by atoms with van der Waals surface area (Å²) in [6, 6.07) is 0.292. The first-order valence-corrected chi connectivity index (χ1v) is 5.18. The number of hydrogen-bond acceptors (Lipinski definition) is 5. The molecule has 0 aliphatic carbocycles. The van der Waals surface area contributed by atoms with Crippen LogP contribution in [0.2, 0.25) is 0 Å². The Bertz CT molecular complexity index is 377. The number of anilines is 1. The van der Waals surface area contributed by atoms with Crippen molar-refractivity contribution in [2.45, 2.75) is 13.0 Å². The highest BCUT2D eigenvalue weighted by atomic mass is 16.5. The average Bonchev–Trinajstić information content (AvgIpc) is 2.86. The zero-order valence-electron chi connectivity index (χ0n) is 9.32. The quantitative estimate of drug-likeness (QED) is 0.766. The van der Waals surface area contributed by atoms with Crippen LogP contribution in [0, 0.1) is 12.8 Å². The minimum Gasteiger partial charge on any atom is -0.432 e. The van der Waals surface area contributed by atoms with Crippen LogP contribution >= 0.6 is 0 Å². The second-order valence-electron chi connectivity index (χ2n) is 3.82. The SMILES string of the molecule is CNC1COCC1C(=O)Nc1nc(C)co1. The third kappa shape index (κ3) is 2.23. The molecule has 1 fully saturated rings. The minimum atomic E-state index is -0.197. The van der Waals surface area contributed by atoms with E-state index < -0.39 is 0 Å². The van der Waals surface area contributed by atoms with Crippen LogP contribution in [0.15, 0.2) is 10.7 Å². The molecule has 0 saturated carbocycles. The molecule has 88 valence electrons. The number of carbonyl (C=O) groups is 1. The fourth-order valence-electron chi connectivity index (χ4n) is 1.71. The molecule has 2 rings (SSSR count).